The smallest absolute Gasteiger partial charge is 0.223 e. The molecular formula is C26H26N4O3. The lowest BCUT2D eigenvalue weighted by Crippen LogP contribution is -2.42. The Bertz CT molecular complexity index is 1250. The van der Waals surface area contributed by atoms with E-state index in [0.29, 0.717) is 32.5 Å². The van der Waals surface area contributed by atoms with Gasteiger partial charge in [-0.15, -0.1) is 0 Å². The molecule has 7 nitrogen and oxygen atoms in total. The average Bonchev–Trinajstić information content (AvgIpc) is 3.30. The molecule has 1 amide bonds. The molecule has 33 heavy (non-hydrogen) atoms. The molecule has 1 fully saturated rings. The molecule has 7 heteroatoms. The van der Waals surface area contributed by atoms with Crippen molar-refractivity contribution in [1.29, 1.82) is 0 Å². The first-order valence-corrected chi connectivity index (χ1v) is 11.1. The van der Waals surface area contributed by atoms with Crippen molar-refractivity contribution in [3.05, 3.63) is 78.4 Å². The minimum Gasteiger partial charge on any atom is -0.497 e. The number of hydrogen-bond donors (Lipinski definition) is 1. The highest BCUT2D eigenvalue weighted by atomic mass is 16.5. The summed E-state index contributed by atoms with van der Waals surface area (Å²) in [5, 5.41) is 1.17. The first-order chi connectivity index (χ1) is 16.2. The third kappa shape index (κ3) is 4.45. The fourth-order valence-electron chi connectivity index (χ4n) is 4.34. The summed E-state index contributed by atoms with van der Waals surface area (Å²) >= 11 is 0. The van der Waals surface area contributed by atoms with Crippen molar-refractivity contribution in [2.45, 2.75) is 18.9 Å². The minimum atomic E-state index is -0.318. The minimum absolute atomic E-state index is 0.128. The van der Waals surface area contributed by atoms with Gasteiger partial charge in [-0.1, -0.05) is 18.2 Å². The van der Waals surface area contributed by atoms with Gasteiger partial charge in [0.25, 0.3) is 0 Å². The SMILES string of the molecule is COc1ccc(-c2nccnc2[C@H]2CN(C(=O)CCc3c[nH]c4ccccc34)CCO2)cc1. The van der Waals surface area contributed by atoms with E-state index in [-0.39, 0.29) is 12.0 Å². The first kappa shape index (κ1) is 21.2. The molecule has 1 saturated heterocycles. The van der Waals surface area contributed by atoms with E-state index in [4.69, 9.17) is 9.47 Å². The van der Waals surface area contributed by atoms with Gasteiger partial charge in [-0.3, -0.25) is 14.8 Å². The molecule has 168 valence electrons. The summed E-state index contributed by atoms with van der Waals surface area (Å²) in [7, 11) is 1.64. The predicted octanol–water partition coefficient (Wildman–Crippen LogP) is 4.17. The molecule has 1 aliphatic heterocycles. The van der Waals surface area contributed by atoms with E-state index in [1.54, 1.807) is 19.5 Å². The Hall–Kier alpha value is -3.71. The molecule has 1 N–H and O–H groups in total. The maximum absolute atomic E-state index is 13.0. The number of amides is 1. The Morgan fingerprint density at radius 1 is 1.15 bits per heavy atom. The standard InChI is InChI=1S/C26H26N4O3/c1-32-20-9-6-18(7-10-20)25-26(28-13-12-27-25)23-17-30(14-15-33-23)24(31)11-8-19-16-29-22-5-3-2-4-21(19)22/h2-7,9-10,12-13,16,23,29H,8,11,14-15,17H2,1H3/t23-/m1/s1. The summed E-state index contributed by atoms with van der Waals surface area (Å²) < 4.78 is 11.3. The van der Waals surface area contributed by atoms with E-state index in [2.05, 4.69) is 27.1 Å². The van der Waals surface area contributed by atoms with E-state index in [1.165, 1.54) is 10.9 Å². The van der Waals surface area contributed by atoms with Crippen LogP contribution in [0.1, 0.15) is 23.8 Å². The maximum Gasteiger partial charge on any atom is 0.223 e. The summed E-state index contributed by atoms with van der Waals surface area (Å²) in [4.78, 5) is 27.3. The van der Waals surface area contributed by atoms with Crippen LogP contribution in [0.25, 0.3) is 22.2 Å². The van der Waals surface area contributed by atoms with Gasteiger partial charge in [0, 0.05) is 48.0 Å². The molecule has 1 aliphatic rings. The number of aromatic nitrogens is 3. The predicted molar refractivity (Wildman–Crippen MR) is 126 cm³/mol. The van der Waals surface area contributed by atoms with E-state index < -0.39 is 0 Å². The van der Waals surface area contributed by atoms with Crippen LogP contribution in [0, 0.1) is 0 Å². The zero-order valence-electron chi connectivity index (χ0n) is 18.5. The number of aromatic amines is 1. The fourth-order valence-corrected chi connectivity index (χ4v) is 4.34. The summed E-state index contributed by atoms with van der Waals surface area (Å²) in [5.41, 5.74) is 4.71. The highest BCUT2D eigenvalue weighted by molar-refractivity contribution is 5.84. The number of rotatable bonds is 6. The first-order valence-electron chi connectivity index (χ1n) is 11.1. The van der Waals surface area contributed by atoms with Gasteiger partial charge in [0.1, 0.15) is 11.9 Å². The van der Waals surface area contributed by atoms with Gasteiger partial charge in [0.2, 0.25) is 5.91 Å². The largest absolute Gasteiger partial charge is 0.497 e. The van der Waals surface area contributed by atoms with E-state index >= 15 is 0 Å². The van der Waals surface area contributed by atoms with Crippen LogP contribution in [0.2, 0.25) is 0 Å². The molecule has 3 heterocycles. The molecule has 0 radical (unpaired) electrons. The van der Waals surface area contributed by atoms with Gasteiger partial charge in [0.15, 0.2) is 0 Å². The number of ether oxygens (including phenoxy) is 2. The van der Waals surface area contributed by atoms with Gasteiger partial charge in [0.05, 0.1) is 31.6 Å². The Morgan fingerprint density at radius 2 is 1.97 bits per heavy atom. The number of carbonyl (C=O) groups excluding carboxylic acids is 1. The van der Waals surface area contributed by atoms with E-state index in [9.17, 15) is 4.79 Å². The second kappa shape index (κ2) is 9.42. The number of hydrogen-bond acceptors (Lipinski definition) is 5. The number of fused-ring (bicyclic) bond motifs is 1. The molecule has 4 aromatic rings. The van der Waals surface area contributed by atoms with Crippen molar-refractivity contribution in [2.24, 2.45) is 0 Å². The number of aryl methyl sites for hydroxylation is 1. The molecule has 2 aromatic heterocycles. The number of benzene rings is 2. The Labute approximate surface area is 192 Å². The number of para-hydroxylation sites is 1. The van der Waals surface area contributed by atoms with Crippen molar-refractivity contribution in [3.8, 4) is 17.0 Å². The van der Waals surface area contributed by atoms with Crippen molar-refractivity contribution in [1.82, 2.24) is 19.9 Å². The monoisotopic (exact) mass is 442 g/mol. The number of morpholine rings is 1. The van der Waals surface area contributed by atoms with Crippen molar-refractivity contribution in [2.75, 3.05) is 26.8 Å². The van der Waals surface area contributed by atoms with Crippen molar-refractivity contribution < 1.29 is 14.3 Å². The topological polar surface area (TPSA) is 80.3 Å². The molecular weight excluding hydrogens is 416 g/mol. The van der Waals surface area contributed by atoms with Crippen LogP contribution in [0.3, 0.4) is 0 Å². The molecule has 0 aliphatic carbocycles. The third-order valence-corrected chi connectivity index (χ3v) is 6.10. The maximum atomic E-state index is 13.0. The normalized spacial score (nSPS) is 16.2. The molecule has 0 unspecified atom stereocenters. The highest BCUT2D eigenvalue weighted by Crippen LogP contribution is 2.30. The summed E-state index contributed by atoms with van der Waals surface area (Å²) in [5.74, 6) is 0.911. The van der Waals surface area contributed by atoms with Gasteiger partial charge >= 0.3 is 0 Å². The molecule has 5 rings (SSSR count). The number of H-pyrrole nitrogens is 1. The Morgan fingerprint density at radius 3 is 2.82 bits per heavy atom. The van der Waals surface area contributed by atoms with Crippen LogP contribution in [0.4, 0.5) is 0 Å². The van der Waals surface area contributed by atoms with Crippen LogP contribution in [-0.2, 0) is 16.0 Å². The number of carbonyl (C=O) groups is 1. The van der Waals surface area contributed by atoms with Gasteiger partial charge in [-0.2, -0.15) is 0 Å². The lowest BCUT2D eigenvalue weighted by atomic mass is 10.0. The van der Waals surface area contributed by atoms with Gasteiger partial charge in [-0.25, -0.2) is 0 Å². The van der Waals surface area contributed by atoms with Crippen LogP contribution in [0.15, 0.2) is 67.1 Å². The van der Waals surface area contributed by atoms with E-state index in [0.717, 1.165) is 28.2 Å². The van der Waals surface area contributed by atoms with E-state index in [1.807, 2.05) is 47.5 Å². The van der Waals surface area contributed by atoms with Crippen molar-refractivity contribution in [3.63, 3.8) is 0 Å². The fraction of sp³-hybridized carbons (Fsp3) is 0.269. The van der Waals surface area contributed by atoms with Crippen molar-refractivity contribution >= 4 is 16.8 Å². The third-order valence-electron chi connectivity index (χ3n) is 6.10. The lowest BCUT2D eigenvalue weighted by Gasteiger charge is -2.33. The zero-order chi connectivity index (χ0) is 22.6. The molecule has 1 atom stereocenters. The van der Waals surface area contributed by atoms with Gasteiger partial charge < -0.3 is 19.4 Å². The molecule has 0 saturated carbocycles. The average molecular weight is 443 g/mol. The lowest BCUT2D eigenvalue weighted by molar-refractivity contribution is -0.139. The van der Waals surface area contributed by atoms with Crippen LogP contribution < -0.4 is 4.74 Å². The summed E-state index contributed by atoms with van der Waals surface area (Å²) in [6.07, 6.45) is 6.19. The number of nitrogens with zero attached hydrogens (tertiary/aromatic N) is 3. The molecule has 0 bridgehead atoms. The van der Waals surface area contributed by atoms with Gasteiger partial charge in [-0.05, 0) is 42.3 Å². The second-order valence-corrected chi connectivity index (χ2v) is 8.08. The highest BCUT2D eigenvalue weighted by Gasteiger charge is 2.28. The Balaban J connectivity index is 1.29. The number of methoxy groups -OCH3 is 1. The summed E-state index contributed by atoms with van der Waals surface area (Å²) in [6.45, 7) is 1.53. The van der Waals surface area contributed by atoms with Crippen LogP contribution >= 0.6 is 0 Å². The Kier molecular flexibility index (Phi) is 6.04. The quantitative estimate of drug-likeness (QED) is 0.485. The second-order valence-electron chi connectivity index (χ2n) is 8.08. The number of nitrogens with one attached hydrogen (secondary N) is 1. The van der Waals surface area contributed by atoms with Crippen LogP contribution in [0.5, 0.6) is 5.75 Å². The van der Waals surface area contributed by atoms with Crippen LogP contribution in [-0.4, -0.2) is 52.6 Å². The zero-order valence-corrected chi connectivity index (χ0v) is 18.5. The molecule has 2 aromatic carbocycles. The molecule has 0 spiro atoms. The summed E-state index contributed by atoms with van der Waals surface area (Å²) in [6, 6.07) is 15.9.